The van der Waals surface area contributed by atoms with E-state index < -0.39 is 27.1 Å². The Balaban J connectivity index is 1.84. The van der Waals surface area contributed by atoms with Gasteiger partial charge in [-0.15, -0.1) is 0 Å². The summed E-state index contributed by atoms with van der Waals surface area (Å²) in [6.45, 7) is 0.105. The maximum absolute atomic E-state index is 13.5. The summed E-state index contributed by atoms with van der Waals surface area (Å²) in [6, 6.07) is 17.2. The van der Waals surface area contributed by atoms with Gasteiger partial charge in [0, 0.05) is 12.1 Å². The van der Waals surface area contributed by atoms with Crippen LogP contribution >= 0.6 is 22.9 Å². The summed E-state index contributed by atoms with van der Waals surface area (Å²) in [6.07, 6.45) is 0. The molecule has 4 rings (SSSR count). The van der Waals surface area contributed by atoms with Crippen molar-refractivity contribution in [3.8, 4) is 0 Å². The second-order valence-electron chi connectivity index (χ2n) is 6.71. The predicted molar refractivity (Wildman–Crippen MR) is 121 cm³/mol. The quantitative estimate of drug-likeness (QED) is 0.268. The van der Waals surface area contributed by atoms with Gasteiger partial charge in [0.2, 0.25) is 0 Å². The summed E-state index contributed by atoms with van der Waals surface area (Å²) in [4.78, 5) is 40.3. The van der Waals surface area contributed by atoms with E-state index in [1.807, 2.05) is 36.4 Å². The minimum absolute atomic E-state index is 0.105. The molecule has 0 fully saturated rings. The second kappa shape index (κ2) is 8.69. The topological polar surface area (TPSA) is 119 Å². The number of rotatable bonds is 6. The van der Waals surface area contributed by atoms with E-state index in [0.717, 1.165) is 28.5 Å². The number of nitro groups is 2. The van der Waals surface area contributed by atoms with Crippen molar-refractivity contribution in [3.05, 3.63) is 103 Å². The molecular formula is C21H13ClN4O5S. The fourth-order valence-electron chi connectivity index (χ4n) is 3.10. The Kier molecular flexibility index (Phi) is 5.80. The van der Waals surface area contributed by atoms with Gasteiger partial charge < -0.3 is 0 Å². The number of hydrogen-bond donors (Lipinski definition) is 0. The fourth-order valence-corrected chi connectivity index (χ4v) is 4.36. The molecule has 1 aromatic heterocycles. The van der Waals surface area contributed by atoms with Crippen LogP contribution in [0.1, 0.15) is 15.9 Å². The van der Waals surface area contributed by atoms with Crippen molar-refractivity contribution in [3.63, 3.8) is 0 Å². The number of carbonyl (C=O) groups excluding carboxylic acids is 1. The van der Waals surface area contributed by atoms with Gasteiger partial charge in [0.25, 0.3) is 17.3 Å². The van der Waals surface area contributed by atoms with Gasteiger partial charge in [0.05, 0.1) is 37.7 Å². The molecular weight excluding hydrogens is 456 g/mol. The lowest BCUT2D eigenvalue weighted by Gasteiger charge is -2.20. The number of para-hydroxylation sites is 1. The molecule has 1 amide bonds. The second-order valence-corrected chi connectivity index (χ2v) is 8.13. The Labute approximate surface area is 189 Å². The highest BCUT2D eigenvalue weighted by Crippen LogP contribution is 2.35. The number of amides is 1. The lowest BCUT2D eigenvalue weighted by atomic mass is 10.1. The average Bonchev–Trinajstić information content (AvgIpc) is 3.23. The minimum atomic E-state index is -0.775. The molecule has 32 heavy (non-hydrogen) atoms. The number of halogens is 1. The molecule has 0 saturated carbocycles. The van der Waals surface area contributed by atoms with Crippen LogP contribution in [0.15, 0.2) is 66.7 Å². The average molecular weight is 469 g/mol. The third kappa shape index (κ3) is 4.27. The molecule has 0 saturated heterocycles. The third-order valence-corrected chi connectivity index (χ3v) is 5.94. The van der Waals surface area contributed by atoms with E-state index in [2.05, 4.69) is 4.98 Å². The lowest BCUT2D eigenvalue weighted by molar-refractivity contribution is -0.394. The van der Waals surface area contributed by atoms with Gasteiger partial charge in [0.15, 0.2) is 5.13 Å². The van der Waals surface area contributed by atoms with Gasteiger partial charge in [-0.1, -0.05) is 59.3 Å². The summed E-state index contributed by atoms with van der Waals surface area (Å²) in [5.41, 5.74) is 0.0208. The van der Waals surface area contributed by atoms with Crippen LogP contribution in [0.3, 0.4) is 0 Å². The van der Waals surface area contributed by atoms with Gasteiger partial charge in [0.1, 0.15) is 5.52 Å². The van der Waals surface area contributed by atoms with E-state index in [9.17, 15) is 25.0 Å². The molecule has 1 heterocycles. The van der Waals surface area contributed by atoms with E-state index in [-0.39, 0.29) is 12.1 Å². The van der Waals surface area contributed by atoms with Gasteiger partial charge in [-0.05, 0) is 17.7 Å². The summed E-state index contributed by atoms with van der Waals surface area (Å²) in [7, 11) is 0. The molecule has 0 aliphatic rings. The van der Waals surface area contributed by atoms with E-state index in [1.165, 1.54) is 16.2 Å². The number of carbonyl (C=O) groups is 1. The number of benzene rings is 3. The Morgan fingerprint density at radius 3 is 2.22 bits per heavy atom. The zero-order valence-corrected chi connectivity index (χ0v) is 17.7. The number of aromatic nitrogens is 1. The molecule has 0 atom stereocenters. The lowest BCUT2D eigenvalue weighted by Crippen LogP contribution is -2.30. The van der Waals surface area contributed by atoms with Crippen LogP contribution in [-0.2, 0) is 6.54 Å². The Morgan fingerprint density at radius 2 is 1.62 bits per heavy atom. The van der Waals surface area contributed by atoms with Crippen LogP contribution in [0.25, 0.3) is 10.2 Å². The molecule has 0 N–H and O–H groups in total. The first-order valence-corrected chi connectivity index (χ1v) is 10.4. The number of nitrogens with zero attached hydrogens (tertiary/aromatic N) is 4. The first-order valence-electron chi connectivity index (χ1n) is 9.18. The SMILES string of the molecule is O=C(c1cc([N+](=O)[O-])cc([N+](=O)[O-])c1)N(Cc1ccccc1)c1nc2c(Cl)cccc2s1. The highest BCUT2D eigenvalue weighted by molar-refractivity contribution is 7.22. The Bertz CT molecular complexity index is 1330. The molecule has 0 spiro atoms. The van der Waals surface area contributed by atoms with E-state index >= 15 is 0 Å². The molecule has 3 aromatic carbocycles. The molecule has 160 valence electrons. The summed E-state index contributed by atoms with van der Waals surface area (Å²) in [5, 5.41) is 23.3. The zero-order valence-electron chi connectivity index (χ0n) is 16.2. The molecule has 0 bridgehead atoms. The van der Waals surface area contributed by atoms with Crippen molar-refractivity contribution in [2.75, 3.05) is 4.90 Å². The summed E-state index contributed by atoms with van der Waals surface area (Å²) >= 11 is 7.46. The van der Waals surface area contributed by atoms with Gasteiger partial charge in [-0.2, -0.15) is 0 Å². The normalized spacial score (nSPS) is 10.8. The van der Waals surface area contributed by atoms with Crippen molar-refractivity contribution in [1.82, 2.24) is 4.98 Å². The predicted octanol–water partition coefficient (Wildman–Crippen LogP) is 5.61. The zero-order chi connectivity index (χ0) is 22.8. The highest BCUT2D eigenvalue weighted by Gasteiger charge is 2.26. The minimum Gasteiger partial charge on any atom is -0.279 e. The summed E-state index contributed by atoms with van der Waals surface area (Å²) in [5.74, 6) is -0.657. The van der Waals surface area contributed by atoms with Crippen molar-refractivity contribution >= 4 is 55.6 Å². The number of hydrogen-bond acceptors (Lipinski definition) is 7. The fraction of sp³-hybridized carbons (Fsp3) is 0.0476. The smallest absolute Gasteiger partial charge is 0.277 e. The molecule has 0 aliphatic carbocycles. The summed E-state index contributed by atoms with van der Waals surface area (Å²) < 4.78 is 0.753. The van der Waals surface area contributed by atoms with Crippen LogP contribution in [0.4, 0.5) is 16.5 Å². The van der Waals surface area contributed by atoms with Crippen LogP contribution in [-0.4, -0.2) is 20.7 Å². The van der Waals surface area contributed by atoms with Crippen LogP contribution in [0.2, 0.25) is 5.02 Å². The molecule has 4 aromatic rings. The van der Waals surface area contributed by atoms with E-state index in [4.69, 9.17) is 11.6 Å². The number of anilines is 1. The number of thiazole rings is 1. The maximum Gasteiger partial charge on any atom is 0.277 e. The van der Waals surface area contributed by atoms with Gasteiger partial charge in [-0.25, -0.2) is 4.98 Å². The first kappa shape index (κ1) is 21.3. The molecule has 0 aliphatic heterocycles. The molecule has 11 heteroatoms. The highest BCUT2D eigenvalue weighted by atomic mass is 35.5. The molecule has 0 radical (unpaired) electrons. The Hall–Kier alpha value is -3.89. The van der Waals surface area contributed by atoms with Gasteiger partial charge >= 0.3 is 0 Å². The Morgan fingerprint density at radius 1 is 0.969 bits per heavy atom. The van der Waals surface area contributed by atoms with Crippen LogP contribution in [0, 0.1) is 20.2 Å². The number of fused-ring (bicyclic) bond motifs is 1. The standard InChI is InChI=1S/C21H13ClN4O5S/c22-17-7-4-8-18-19(17)23-21(32-18)24(12-13-5-2-1-3-6-13)20(27)14-9-15(25(28)29)11-16(10-14)26(30)31/h1-11H,12H2. The maximum atomic E-state index is 13.5. The third-order valence-electron chi connectivity index (χ3n) is 4.59. The van der Waals surface area contributed by atoms with Crippen molar-refractivity contribution < 1.29 is 14.6 Å². The van der Waals surface area contributed by atoms with Crippen LogP contribution < -0.4 is 4.90 Å². The van der Waals surface area contributed by atoms with Crippen molar-refractivity contribution in [2.24, 2.45) is 0 Å². The monoisotopic (exact) mass is 468 g/mol. The first-order chi connectivity index (χ1) is 15.3. The van der Waals surface area contributed by atoms with Crippen molar-refractivity contribution in [1.29, 1.82) is 0 Å². The van der Waals surface area contributed by atoms with E-state index in [1.54, 1.807) is 12.1 Å². The number of non-ortho nitro benzene ring substituents is 2. The van der Waals surface area contributed by atoms with Gasteiger partial charge in [-0.3, -0.25) is 29.9 Å². The molecule has 9 nitrogen and oxygen atoms in total. The van der Waals surface area contributed by atoms with Crippen molar-refractivity contribution in [2.45, 2.75) is 6.54 Å². The van der Waals surface area contributed by atoms with E-state index in [0.29, 0.717) is 15.7 Å². The number of nitro benzene ring substituents is 2. The van der Waals surface area contributed by atoms with Crippen LogP contribution in [0.5, 0.6) is 0 Å². The largest absolute Gasteiger partial charge is 0.279 e. The molecule has 0 unspecified atom stereocenters.